The number of para-hydroxylation sites is 1. The van der Waals surface area contributed by atoms with Crippen LogP contribution in [0.5, 0.6) is 5.75 Å². The zero-order valence-electron chi connectivity index (χ0n) is 10.1. The fraction of sp³-hybridized carbons (Fsp3) is 0.231. The Kier molecular flexibility index (Phi) is 3.39. The molecule has 4 nitrogen and oxygen atoms in total. The van der Waals surface area contributed by atoms with E-state index in [0.29, 0.717) is 5.69 Å². The van der Waals surface area contributed by atoms with Crippen LogP contribution in [0.25, 0.3) is 5.69 Å². The van der Waals surface area contributed by atoms with Gasteiger partial charge in [-0.15, -0.1) is 11.6 Å². The highest BCUT2D eigenvalue weighted by atomic mass is 35.5. The first-order valence-electron chi connectivity index (χ1n) is 5.49. The number of hydrogen-bond acceptors (Lipinski definition) is 3. The number of rotatable bonds is 2. The molecule has 0 radical (unpaired) electrons. The average molecular weight is 265 g/mol. The molecule has 0 bridgehead atoms. The summed E-state index contributed by atoms with van der Waals surface area (Å²) < 4.78 is 1.28. The Morgan fingerprint density at radius 2 is 1.94 bits per heavy atom. The van der Waals surface area contributed by atoms with Crippen LogP contribution in [0.15, 0.2) is 29.1 Å². The van der Waals surface area contributed by atoms with Crippen molar-refractivity contribution >= 4 is 11.6 Å². The summed E-state index contributed by atoms with van der Waals surface area (Å²) in [4.78, 5) is 11.9. The zero-order valence-corrected chi connectivity index (χ0v) is 10.9. The van der Waals surface area contributed by atoms with Crippen LogP contribution >= 0.6 is 11.6 Å². The molecule has 1 heterocycles. The maximum absolute atomic E-state index is 11.9. The van der Waals surface area contributed by atoms with Crippen LogP contribution in [0.1, 0.15) is 16.8 Å². The van der Waals surface area contributed by atoms with Gasteiger partial charge in [0.25, 0.3) is 5.56 Å². The van der Waals surface area contributed by atoms with Gasteiger partial charge >= 0.3 is 0 Å². The molecule has 0 saturated heterocycles. The molecular formula is C13H13ClN2O2. The fourth-order valence-electron chi connectivity index (χ4n) is 1.88. The van der Waals surface area contributed by atoms with Crippen molar-refractivity contribution in [3.8, 4) is 11.4 Å². The highest BCUT2D eigenvalue weighted by Gasteiger charge is 2.11. The third kappa shape index (κ3) is 2.11. The average Bonchev–Trinajstić information content (AvgIpc) is 2.31. The van der Waals surface area contributed by atoms with E-state index in [-0.39, 0.29) is 17.2 Å². The molecule has 0 saturated carbocycles. The van der Waals surface area contributed by atoms with Gasteiger partial charge in [0.05, 0.1) is 11.6 Å². The lowest BCUT2D eigenvalue weighted by molar-refractivity contribution is 0.460. The summed E-state index contributed by atoms with van der Waals surface area (Å²) in [6.07, 6.45) is 0. The number of benzene rings is 1. The molecule has 0 aliphatic rings. The summed E-state index contributed by atoms with van der Waals surface area (Å²) in [5.41, 5.74) is 2.53. The van der Waals surface area contributed by atoms with E-state index in [1.54, 1.807) is 0 Å². The minimum absolute atomic E-state index is 0.0526. The molecule has 0 atom stereocenters. The van der Waals surface area contributed by atoms with Crippen LogP contribution < -0.4 is 5.56 Å². The highest BCUT2D eigenvalue weighted by molar-refractivity contribution is 6.17. The number of nitrogens with zero attached hydrogens (tertiary/aromatic N) is 2. The topological polar surface area (TPSA) is 55.1 Å². The van der Waals surface area contributed by atoms with Crippen molar-refractivity contribution < 1.29 is 5.11 Å². The van der Waals surface area contributed by atoms with Crippen molar-refractivity contribution in [2.45, 2.75) is 19.7 Å². The highest BCUT2D eigenvalue weighted by Crippen LogP contribution is 2.19. The molecule has 0 unspecified atom stereocenters. The molecule has 0 spiro atoms. The molecule has 1 N–H and O–H groups in total. The lowest BCUT2D eigenvalue weighted by atomic mass is 10.1. The molecule has 94 valence electrons. The number of halogens is 1. The van der Waals surface area contributed by atoms with Crippen LogP contribution in [0.3, 0.4) is 0 Å². The fourth-order valence-corrected chi connectivity index (χ4v) is 2.07. The molecule has 0 aliphatic heterocycles. The van der Waals surface area contributed by atoms with Gasteiger partial charge < -0.3 is 5.11 Å². The van der Waals surface area contributed by atoms with Crippen LogP contribution in [-0.2, 0) is 5.88 Å². The normalized spacial score (nSPS) is 10.6. The van der Waals surface area contributed by atoms with Crippen molar-refractivity contribution in [1.29, 1.82) is 0 Å². The Bertz CT molecular complexity index is 630. The van der Waals surface area contributed by atoms with E-state index in [4.69, 9.17) is 11.6 Å². The molecular weight excluding hydrogens is 252 g/mol. The van der Waals surface area contributed by atoms with Crippen molar-refractivity contribution in [3.05, 3.63) is 51.4 Å². The van der Waals surface area contributed by atoms with Crippen molar-refractivity contribution in [1.82, 2.24) is 9.78 Å². The molecule has 1 aromatic heterocycles. The van der Waals surface area contributed by atoms with Crippen LogP contribution in [0.4, 0.5) is 0 Å². The summed E-state index contributed by atoms with van der Waals surface area (Å²) in [7, 11) is 0. The predicted molar refractivity (Wildman–Crippen MR) is 70.5 cm³/mol. The quantitative estimate of drug-likeness (QED) is 0.847. The van der Waals surface area contributed by atoms with Gasteiger partial charge in [0, 0.05) is 6.07 Å². The number of alkyl halides is 1. The number of aryl methyl sites for hydroxylation is 2. The minimum atomic E-state index is -0.376. The van der Waals surface area contributed by atoms with Gasteiger partial charge in [-0.25, -0.2) is 0 Å². The standard InChI is InChI=1S/C13H13ClN2O2/c1-8-4-3-5-9(2)13(8)16-12(18)6-11(17)10(7-14)15-16/h3-6,17H,7H2,1-2H3. The molecule has 1 aromatic carbocycles. The summed E-state index contributed by atoms with van der Waals surface area (Å²) in [5.74, 6) is -0.116. The van der Waals surface area contributed by atoms with E-state index in [2.05, 4.69) is 5.10 Å². The van der Waals surface area contributed by atoms with E-state index in [1.807, 2.05) is 32.0 Å². The zero-order chi connectivity index (χ0) is 13.3. The van der Waals surface area contributed by atoms with Crippen molar-refractivity contribution in [3.63, 3.8) is 0 Å². The van der Waals surface area contributed by atoms with Crippen molar-refractivity contribution in [2.24, 2.45) is 0 Å². The molecule has 2 rings (SSSR count). The molecule has 0 fully saturated rings. The van der Waals surface area contributed by atoms with Crippen LogP contribution in [0, 0.1) is 13.8 Å². The number of aromatic hydroxyl groups is 1. The van der Waals surface area contributed by atoms with Gasteiger partial charge in [0.1, 0.15) is 11.4 Å². The van der Waals surface area contributed by atoms with Gasteiger partial charge in [-0.3, -0.25) is 4.79 Å². The number of aromatic nitrogens is 2. The lowest BCUT2D eigenvalue weighted by Gasteiger charge is -2.12. The summed E-state index contributed by atoms with van der Waals surface area (Å²) >= 11 is 5.69. The van der Waals surface area contributed by atoms with Gasteiger partial charge in [-0.05, 0) is 25.0 Å². The van der Waals surface area contributed by atoms with E-state index in [1.165, 1.54) is 4.68 Å². The first kappa shape index (κ1) is 12.6. The first-order valence-corrected chi connectivity index (χ1v) is 6.03. The van der Waals surface area contributed by atoms with Gasteiger partial charge in [0.2, 0.25) is 0 Å². The smallest absolute Gasteiger partial charge is 0.275 e. The molecule has 18 heavy (non-hydrogen) atoms. The molecule has 0 aliphatic carbocycles. The molecule has 0 amide bonds. The Morgan fingerprint density at radius 3 is 2.50 bits per heavy atom. The van der Waals surface area contributed by atoms with Gasteiger partial charge in [-0.1, -0.05) is 18.2 Å². The molecule has 2 aromatic rings. The van der Waals surface area contributed by atoms with Crippen molar-refractivity contribution in [2.75, 3.05) is 0 Å². The Morgan fingerprint density at radius 1 is 1.33 bits per heavy atom. The summed E-state index contributed by atoms with van der Waals surface area (Å²) in [6, 6.07) is 6.87. The first-order chi connectivity index (χ1) is 8.54. The molecule has 5 heteroatoms. The lowest BCUT2D eigenvalue weighted by Crippen LogP contribution is -2.23. The maximum atomic E-state index is 11.9. The second-order valence-corrected chi connectivity index (χ2v) is 4.37. The van der Waals surface area contributed by atoms with Gasteiger partial charge in [0.15, 0.2) is 0 Å². The third-order valence-electron chi connectivity index (χ3n) is 2.76. The van der Waals surface area contributed by atoms with Crippen LogP contribution in [0.2, 0.25) is 0 Å². The summed E-state index contributed by atoms with van der Waals surface area (Å²) in [6.45, 7) is 3.81. The summed E-state index contributed by atoms with van der Waals surface area (Å²) in [5, 5.41) is 13.6. The van der Waals surface area contributed by atoms with Crippen LogP contribution in [-0.4, -0.2) is 14.9 Å². The maximum Gasteiger partial charge on any atom is 0.275 e. The van der Waals surface area contributed by atoms with E-state index in [9.17, 15) is 9.90 Å². The van der Waals surface area contributed by atoms with E-state index < -0.39 is 0 Å². The second kappa shape index (κ2) is 4.82. The Balaban J connectivity index is 2.75. The minimum Gasteiger partial charge on any atom is -0.506 e. The Hall–Kier alpha value is -1.81. The van der Waals surface area contributed by atoms with E-state index >= 15 is 0 Å². The van der Waals surface area contributed by atoms with Gasteiger partial charge in [-0.2, -0.15) is 9.78 Å². The number of hydrogen-bond donors (Lipinski definition) is 1. The Labute approximate surface area is 109 Å². The SMILES string of the molecule is Cc1cccc(C)c1-n1nc(CCl)c(O)cc1=O. The third-order valence-corrected chi connectivity index (χ3v) is 3.02. The monoisotopic (exact) mass is 264 g/mol. The van der Waals surface area contributed by atoms with E-state index in [0.717, 1.165) is 22.9 Å². The second-order valence-electron chi connectivity index (χ2n) is 4.10. The predicted octanol–water partition coefficient (Wildman–Crippen LogP) is 2.29. The largest absolute Gasteiger partial charge is 0.506 e.